The van der Waals surface area contributed by atoms with Crippen molar-refractivity contribution in [1.29, 1.82) is 0 Å². The molecule has 4 N–H and O–H groups in total. The van der Waals surface area contributed by atoms with Crippen LogP contribution in [0.25, 0.3) is 10.2 Å². The van der Waals surface area contributed by atoms with Crippen LogP contribution in [-0.2, 0) is 23.7 Å². The van der Waals surface area contributed by atoms with Gasteiger partial charge in [-0.05, 0) is 66.3 Å². The zero-order valence-corrected chi connectivity index (χ0v) is 26.4. The summed E-state index contributed by atoms with van der Waals surface area (Å²) >= 11 is 0.396. The van der Waals surface area contributed by atoms with Crippen LogP contribution in [0.5, 0.6) is 0 Å². The van der Waals surface area contributed by atoms with E-state index in [1.807, 2.05) is 12.1 Å². The third kappa shape index (κ3) is 8.67. The highest BCUT2D eigenvalue weighted by Crippen LogP contribution is 2.43. The number of anilines is 2. The third-order valence-electron chi connectivity index (χ3n) is 8.16. The largest absolute Gasteiger partial charge is 0.479 e. The van der Waals surface area contributed by atoms with Crippen LogP contribution in [0.1, 0.15) is 70.6 Å². The Morgan fingerprint density at radius 1 is 0.918 bits per heavy atom. The maximum atomic E-state index is 13.8. The van der Waals surface area contributed by atoms with Gasteiger partial charge >= 0.3 is 24.4 Å². The Labute approximate surface area is 279 Å². The number of nitrogens with zero attached hydrogens (tertiary/aromatic N) is 2. The van der Waals surface area contributed by atoms with Crippen molar-refractivity contribution in [3.63, 3.8) is 0 Å². The second kappa shape index (κ2) is 14.4. The first-order valence-electron chi connectivity index (χ1n) is 15.2. The minimum atomic E-state index is -5.11. The molecule has 0 bridgehead atoms. The molecule has 49 heavy (non-hydrogen) atoms. The van der Waals surface area contributed by atoms with Crippen LogP contribution in [-0.4, -0.2) is 45.8 Å². The molecule has 3 aromatic carbocycles. The van der Waals surface area contributed by atoms with E-state index in [1.165, 1.54) is 35.6 Å². The standard InChI is InChI=1S/C33H30F6N4O5S/c34-32(35,36)22-14-24(33(37,38)39)27-25(15-22)41-30(49-27)42-31(48)43(23-12-10-20(11-13-23)19-4-2-1-3-5-19)17-18-6-8-21(9-7-18)28(45)40-16-26(44)29(46)47/h6-15,19,26,44H,1-5,16-17H2,(H,40,45)(H,46,47)(H,41,42,48)/t26-/m1/s1. The van der Waals surface area contributed by atoms with E-state index in [9.17, 15) is 45.8 Å². The average molecular weight is 709 g/mol. The summed E-state index contributed by atoms with van der Waals surface area (Å²) in [5, 5.41) is 22.6. The molecular formula is C33H30F6N4O5S. The number of halogens is 6. The number of aliphatic carboxylic acids is 1. The second-order valence-corrected chi connectivity index (χ2v) is 12.6. The summed E-state index contributed by atoms with van der Waals surface area (Å²) in [5.74, 6) is -1.78. The lowest BCUT2D eigenvalue weighted by Gasteiger charge is -2.25. The van der Waals surface area contributed by atoms with Gasteiger partial charge in [0.15, 0.2) is 11.2 Å². The first kappa shape index (κ1) is 35.6. The van der Waals surface area contributed by atoms with Crippen LogP contribution >= 0.6 is 11.3 Å². The number of urea groups is 1. The molecule has 9 nitrogen and oxygen atoms in total. The molecule has 1 aliphatic carbocycles. The summed E-state index contributed by atoms with van der Waals surface area (Å²) in [6, 6.07) is 12.9. The molecule has 0 aliphatic heterocycles. The number of fused-ring (bicyclic) bond motifs is 1. The molecule has 260 valence electrons. The fourth-order valence-corrected chi connectivity index (χ4v) is 6.55. The van der Waals surface area contributed by atoms with E-state index in [0.29, 0.717) is 34.6 Å². The number of carboxylic acids is 1. The van der Waals surface area contributed by atoms with Crippen LogP contribution in [0.2, 0.25) is 0 Å². The van der Waals surface area contributed by atoms with Crippen LogP contribution < -0.4 is 15.5 Å². The number of hydrogen-bond acceptors (Lipinski definition) is 6. The van der Waals surface area contributed by atoms with E-state index in [1.54, 1.807) is 12.1 Å². The number of nitrogens with one attached hydrogen (secondary N) is 2. The van der Waals surface area contributed by atoms with Crippen LogP contribution in [0, 0.1) is 0 Å². The highest BCUT2D eigenvalue weighted by Gasteiger charge is 2.39. The van der Waals surface area contributed by atoms with Crippen molar-refractivity contribution in [1.82, 2.24) is 10.3 Å². The van der Waals surface area contributed by atoms with Gasteiger partial charge in [-0.25, -0.2) is 14.6 Å². The summed E-state index contributed by atoms with van der Waals surface area (Å²) in [4.78, 5) is 42.1. The first-order chi connectivity index (χ1) is 23.1. The molecule has 3 amide bonds. The summed E-state index contributed by atoms with van der Waals surface area (Å²) in [6.07, 6.45) is -6.51. The lowest BCUT2D eigenvalue weighted by Crippen LogP contribution is -2.36. The van der Waals surface area contributed by atoms with E-state index >= 15 is 0 Å². The Morgan fingerprint density at radius 2 is 1.57 bits per heavy atom. The summed E-state index contributed by atoms with van der Waals surface area (Å²) < 4.78 is 80.9. The van der Waals surface area contributed by atoms with E-state index < -0.39 is 64.3 Å². The number of alkyl halides is 6. The van der Waals surface area contributed by atoms with E-state index in [0.717, 1.165) is 31.2 Å². The lowest BCUT2D eigenvalue weighted by molar-refractivity contribution is -0.146. The SMILES string of the molecule is O=C(NC[C@@H](O)C(=O)O)c1ccc(CN(C(=O)Nc2nc3cc(C(F)(F)F)cc(C(F)(F)F)c3s2)c2ccc(C3CCCCC3)cc2)cc1. The van der Waals surface area contributed by atoms with E-state index in [2.05, 4.69) is 15.6 Å². The summed E-state index contributed by atoms with van der Waals surface area (Å²) in [7, 11) is 0. The van der Waals surface area contributed by atoms with Gasteiger partial charge in [0, 0.05) is 11.3 Å². The highest BCUT2D eigenvalue weighted by atomic mass is 32.1. The minimum absolute atomic E-state index is 0.0184. The maximum absolute atomic E-state index is 13.8. The van der Waals surface area contributed by atoms with Crippen molar-refractivity contribution in [2.75, 3.05) is 16.8 Å². The highest BCUT2D eigenvalue weighted by molar-refractivity contribution is 7.22. The van der Waals surface area contributed by atoms with Gasteiger partial charge in [0.05, 0.1) is 34.4 Å². The van der Waals surface area contributed by atoms with Crippen molar-refractivity contribution in [2.24, 2.45) is 0 Å². The van der Waals surface area contributed by atoms with Crippen LogP contribution in [0.3, 0.4) is 0 Å². The molecule has 0 saturated heterocycles. The predicted molar refractivity (Wildman–Crippen MR) is 170 cm³/mol. The van der Waals surface area contributed by atoms with Crippen LogP contribution in [0.4, 0.5) is 42.0 Å². The Kier molecular flexibility index (Phi) is 10.5. The van der Waals surface area contributed by atoms with Crippen molar-refractivity contribution in [3.8, 4) is 0 Å². The smallest absolute Gasteiger partial charge is 0.417 e. The quantitative estimate of drug-likeness (QED) is 0.131. The average Bonchev–Trinajstić information content (AvgIpc) is 3.47. The molecule has 1 atom stereocenters. The number of amides is 3. The van der Waals surface area contributed by atoms with Crippen LogP contribution in [0.15, 0.2) is 60.7 Å². The fraction of sp³-hybridized carbons (Fsp3) is 0.333. The van der Waals surface area contributed by atoms with Gasteiger partial charge in [-0.3, -0.25) is 15.0 Å². The molecular weight excluding hydrogens is 678 g/mol. The molecule has 1 aromatic heterocycles. The van der Waals surface area contributed by atoms with Gasteiger partial charge in [-0.15, -0.1) is 0 Å². The lowest BCUT2D eigenvalue weighted by atomic mass is 9.84. The molecule has 1 aliphatic rings. The predicted octanol–water partition coefficient (Wildman–Crippen LogP) is 7.80. The van der Waals surface area contributed by atoms with E-state index in [4.69, 9.17) is 5.11 Å². The second-order valence-electron chi connectivity index (χ2n) is 11.6. The van der Waals surface area contributed by atoms with Crippen molar-refractivity contribution < 1.29 is 50.9 Å². The van der Waals surface area contributed by atoms with Gasteiger partial charge < -0.3 is 15.5 Å². The molecule has 0 radical (unpaired) electrons. The zero-order valence-electron chi connectivity index (χ0n) is 25.6. The molecule has 5 rings (SSSR count). The maximum Gasteiger partial charge on any atom is 0.417 e. The molecule has 1 saturated carbocycles. The summed E-state index contributed by atoms with van der Waals surface area (Å²) in [6.45, 7) is -0.611. The Balaban J connectivity index is 1.42. The number of hydrogen-bond donors (Lipinski definition) is 4. The number of carbonyl (C=O) groups excluding carboxylic acids is 2. The molecule has 0 unspecified atom stereocenters. The molecule has 1 fully saturated rings. The summed E-state index contributed by atoms with van der Waals surface area (Å²) in [5.41, 5.74) is -1.45. The third-order valence-corrected chi connectivity index (χ3v) is 9.18. The number of carboxylic acid groups (broad SMARTS) is 1. The normalized spacial score (nSPS) is 14.8. The van der Waals surface area contributed by atoms with Gasteiger partial charge in [0.2, 0.25) is 0 Å². The Hall–Kier alpha value is -4.70. The molecule has 16 heteroatoms. The number of rotatable bonds is 9. The van der Waals surface area contributed by atoms with Crippen molar-refractivity contribution >= 4 is 50.3 Å². The van der Waals surface area contributed by atoms with Gasteiger partial charge in [-0.2, -0.15) is 26.3 Å². The molecule has 4 aromatic rings. The fourth-order valence-electron chi connectivity index (χ4n) is 5.58. The Bertz CT molecular complexity index is 1820. The number of thiazole rings is 1. The van der Waals surface area contributed by atoms with Crippen molar-refractivity contribution in [2.45, 2.75) is 63.0 Å². The zero-order chi connectivity index (χ0) is 35.5. The Morgan fingerprint density at radius 3 is 2.16 bits per heavy atom. The van der Waals surface area contributed by atoms with E-state index in [-0.39, 0.29) is 23.3 Å². The van der Waals surface area contributed by atoms with Gasteiger partial charge in [0.25, 0.3) is 5.91 Å². The number of aliphatic hydroxyl groups excluding tert-OH is 1. The number of carbonyl (C=O) groups is 3. The number of aromatic nitrogens is 1. The monoisotopic (exact) mass is 708 g/mol. The van der Waals surface area contributed by atoms with Crippen molar-refractivity contribution in [3.05, 3.63) is 88.5 Å². The number of benzene rings is 3. The number of aliphatic hydroxyl groups is 1. The van der Waals surface area contributed by atoms with Gasteiger partial charge in [-0.1, -0.05) is 54.9 Å². The molecule has 1 heterocycles. The first-order valence-corrected chi connectivity index (χ1v) is 16.0. The minimum Gasteiger partial charge on any atom is -0.479 e. The topological polar surface area (TPSA) is 132 Å². The molecule has 0 spiro atoms. The van der Waals surface area contributed by atoms with Gasteiger partial charge in [0.1, 0.15) is 0 Å².